The number of carbonyl (C=O) groups excluding carboxylic acids is 3. The van der Waals surface area contributed by atoms with E-state index in [0.29, 0.717) is 47.1 Å². The Kier molecular flexibility index (Phi) is 9.57. The molecule has 2 heterocycles. The number of anilines is 1. The molecule has 2 aromatic carbocycles. The minimum atomic E-state index is -1.41. The average Bonchev–Trinajstić information content (AvgIpc) is 2.97. The van der Waals surface area contributed by atoms with Gasteiger partial charge in [0.15, 0.2) is 11.8 Å². The van der Waals surface area contributed by atoms with Crippen LogP contribution < -0.4 is 15.6 Å². The topological polar surface area (TPSA) is 150 Å². The lowest BCUT2D eigenvalue weighted by molar-refractivity contribution is -0.129. The summed E-state index contributed by atoms with van der Waals surface area (Å²) in [6.45, 7) is 2.57. The molecular formula is C27H25Cl2N7O5. The smallest absolute Gasteiger partial charge is 0.416 e. The molecule has 212 valence electrons. The van der Waals surface area contributed by atoms with Gasteiger partial charge in [-0.25, -0.2) is 15.1 Å². The molecule has 0 aliphatic carbocycles. The van der Waals surface area contributed by atoms with Crippen LogP contribution >= 0.6 is 23.2 Å². The SMILES string of the molecule is CCOC(=O)N(C)C(=O)C(C#N)NNc1cc(Cl)c(Oc2ccc3c(c2)CCN(Cc2cccnn2)C3=O)c(Cl)c1. The molecule has 0 spiro atoms. The number of halogens is 2. The molecule has 1 atom stereocenters. The number of carbonyl (C=O) groups is 3. The summed E-state index contributed by atoms with van der Waals surface area (Å²) >= 11 is 12.9. The lowest BCUT2D eigenvalue weighted by Crippen LogP contribution is -2.48. The third-order valence-corrected chi connectivity index (χ3v) is 6.61. The summed E-state index contributed by atoms with van der Waals surface area (Å²) in [5.74, 6) is -0.303. The van der Waals surface area contributed by atoms with E-state index in [1.807, 2.05) is 6.07 Å². The van der Waals surface area contributed by atoms with E-state index in [1.54, 1.807) is 48.4 Å². The van der Waals surface area contributed by atoms with Crippen molar-refractivity contribution >= 4 is 46.8 Å². The molecule has 1 aromatic heterocycles. The van der Waals surface area contributed by atoms with Gasteiger partial charge in [0.05, 0.1) is 40.6 Å². The fraction of sp³-hybridized carbons (Fsp3) is 0.259. The molecule has 12 nitrogen and oxygen atoms in total. The van der Waals surface area contributed by atoms with E-state index in [4.69, 9.17) is 32.7 Å². The Balaban J connectivity index is 1.41. The number of amides is 3. The summed E-state index contributed by atoms with van der Waals surface area (Å²) in [4.78, 5) is 39.7. The Hall–Kier alpha value is -4.44. The van der Waals surface area contributed by atoms with Crippen molar-refractivity contribution in [1.82, 2.24) is 25.4 Å². The highest BCUT2D eigenvalue weighted by atomic mass is 35.5. The van der Waals surface area contributed by atoms with Crippen LogP contribution in [0.25, 0.3) is 0 Å². The Bertz CT molecular complexity index is 1480. The van der Waals surface area contributed by atoms with Crippen LogP contribution in [0.3, 0.4) is 0 Å². The molecule has 1 unspecified atom stereocenters. The molecular weight excluding hydrogens is 573 g/mol. The largest absolute Gasteiger partial charge is 0.454 e. The summed E-state index contributed by atoms with van der Waals surface area (Å²) in [5.41, 5.74) is 7.67. The number of likely N-dealkylation sites (N-methyl/N-ethyl adjacent to an activating group) is 1. The van der Waals surface area contributed by atoms with Crippen LogP contribution in [0.15, 0.2) is 48.7 Å². The van der Waals surface area contributed by atoms with Crippen LogP contribution in [0.2, 0.25) is 10.0 Å². The molecule has 0 bridgehead atoms. The molecule has 0 fully saturated rings. The number of nitrogens with one attached hydrogen (secondary N) is 2. The molecule has 0 saturated carbocycles. The summed E-state index contributed by atoms with van der Waals surface area (Å²) in [7, 11) is 1.21. The van der Waals surface area contributed by atoms with Gasteiger partial charge in [0, 0.05) is 25.4 Å². The van der Waals surface area contributed by atoms with Crippen molar-refractivity contribution < 1.29 is 23.9 Å². The van der Waals surface area contributed by atoms with E-state index < -0.39 is 18.0 Å². The third kappa shape index (κ3) is 7.01. The molecule has 2 N–H and O–H groups in total. The fourth-order valence-corrected chi connectivity index (χ4v) is 4.56. The van der Waals surface area contributed by atoms with Crippen molar-refractivity contribution in [2.24, 2.45) is 0 Å². The molecule has 4 rings (SSSR count). The zero-order valence-electron chi connectivity index (χ0n) is 22.1. The number of fused-ring (bicyclic) bond motifs is 1. The standard InChI is InChI=1S/C27H25Cl2N7O5/c1-3-40-27(39)35(2)26(38)23(14-30)34-33-18-12-21(28)24(22(29)13-18)41-19-6-7-20-16(11-19)8-10-36(25(20)37)15-17-5-4-9-31-32-17/h4-7,9,11-13,23,33-34H,3,8,10,15H2,1-2H3. The zero-order valence-corrected chi connectivity index (χ0v) is 23.6. The van der Waals surface area contributed by atoms with Gasteiger partial charge >= 0.3 is 6.09 Å². The monoisotopic (exact) mass is 597 g/mol. The maximum atomic E-state index is 13.0. The van der Waals surface area contributed by atoms with Gasteiger partial charge in [-0.15, -0.1) is 0 Å². The lowest BCUT2D eigenvalue weighted by Gasteiger charge is -2.28. The molecule has 14 heteroatoms. The number of nitriles is 1. The van der Waals surface area contributed by atoms with Gasteiger partial charge in [0.25, 0.3) is 11.8 Å². The summed E-state index contributed by atoms with van der Waals surface area (Å²) in [5, 5.41) is 17.6. The summed E-state index contributed by atoms with van der Waals surface area (Å²) < 4.78 is 10.7. The van der Waals surface area contributed by atoms with E-state index in [2.05, 4.69) is 21.0 Å². The summed E-state index contributed by atoms with van der Waals surface area (Å²) in [6.07, 6.45) is 1.33. The van der Waals surface area contributed by atoms with Gasteiger partial charge in [-0.2, -0.15) is 15.5 Å². The second-order valence-electron chi connectivity index (χ2n) is 8.81. The van der Waals surface area contributed by atoms with Crippen molar-refractivity contribution in [1.29, 1.82) is 5.26 Å². The van der Waals surface area contributed by atoms with Gasteiger partial charge < -0.3 is 19.8 Å². The number of benzene rings is 2. The predicted molar refractivity (Wildman–Crippen MR) is 149 cm³/mol. The molecule has 1 aliphatic rings. The second kappa shape index (κ2) is 13.3. The zero-order chi connectivity index (χ0) is 29.5. The van der Waals surface area contributed by atoms with Gasteiger partial charge in [0.1, 0.15) is 5.75 Å². The van der Waals surface area contributed by atoms with E-state index in [-0.39, 0.29) is 28.3 Å². The van der Waals surface area contributed by atoms with Crippen LogP contribution in [0.4, 0.5) is 10.5 Å². The highest BCUT2D eigenvalue weighted by molar-refractivity contribution is 6.37. The van der Waals surface area contributed by atoms with E-state index in [0.717, 1.165) is 5.56 Å². The molecule has 0 saturated heterocycles. The van der Waals surface area contributed by atoms with Crippen molar-refractivity contribution in [3.8, 4) is 17.6 Å². The van der Waals surface area contributed by atoms with Crippen LogP contribution in [-0.4, -0.2) is 64.1 Å². The second-order valence-corrected chi connectivity index (χ2v) is 9.62. The average molecular weight is 598 g/mol. The van der Waals surface area contributed by atoms with E-state index >= 15 is 0 Å². The van der Waals surface area contributed by atoms with Gasteiger partial charge in [-0.3, -0.25) is 9.59 Å². The molecule has 41 heavy (non-hydrogen) atoms. The van der Waals surface area contributed by atoms with Gasteiger partial charge in [-0.1, -0.05) is 23.2 Å². The predicted octanol–water partition coefficient (Wildman–Crippen LogP) is 4.20. The Labute approximate surface area is 245 Å². The number of hydrogen-bond donors (Lipinski definition) is 2. The maximum absolute atomic E-state index is 13.0. The first kappa shape index (κ1) is 29.5. The minimum Gasteiger partial charge on any atom is -0.454 e. The number of aromatic nitrogens is 2. The fourth-order valence-electron chi connectivity index (χ4n) is 4.00. The molecule has 3 aromatic rings. The van der Waals surface area contributed by atoms with Crippen molar-refractivity contribution in [2.45, 2.75) is 25.9 Å². The molecule has 1 aliphatic heterocycles. The molecule has 0 radical (unpaired) electrons. The maximum Gasteiger partial charge on any atom is 0.416 e. The number of nitrogens with zero attached hydrogens (tertiary/aromatic N) is 5. The number of hydrazine groups is 1. The highest BCUT2D eigenvalue weighted by Gasteiger charge is 2.27. The van der Waals surface area contributed by atoms with Crippen molar-refractivity contribution in [2.75, 3.05) is 25.6 Å². The van der Waals surface area contributed by atoms with Gasteiger partial charge in [-0.05, 0) is 61.4 Å². The Morgan fingerprint density at radius 3 is 2.63 bits per heavy atom. The normalized spacial score (nSPS) is 13.0. The van der Waals surface area contributed by atoms with E-state index in [9.17, 15) is 19.6 Å². The first-order valence-corrected chi connectivity index (χ1v) is 13.2. The van der Waals surface area contributed by atoms with Crippen molar-refractivity contribution in [3.63, 3.8) is 0 Å². The number of ether oxygens (including phenoxy) is 2. The number of imide groups is 1. The first-order valence-electron chi connectivity index (χ1n) is 12.4. The van der Waals surface area contributed by atoms with Crippen LogP contribution in [0, 0.1) is 11.3 Å². The number of rotatable bonds is 9. The Morgan fingerprint density at radius 2 is 1.98 bits per heavy atom. The van der Waals surface area contributed by atoms with Crippen LogP contribution in [0.5, 0.6) is 11.5 Å². The molecule has 3 amide bonds. The lowest BCUT2D eigenvalue weighted by atomic mass is 9.98. The quantitative estimate of drug-likeness (QED) is 0.343. The van der Waals surface area contributed by atoms with Crippen LogP contribution in [-0.2, 0) is 22.5 Å². The summed E-state index contributed by atoms with van der Waals surface area (Å²) in [6, 6.07) is 12.1. The Morgan fingerprint density at radius 1 is 1.22 bits per heavy atom. The van der Waals surface area contributed by atoms with Gasteiger partial charge in [0.2, 0.25) is 0 Å². The third-order valence-electron chi connectivity index (χ3n) is 6.05. The van der Waals surface area contributed by atoms with Crippen LogP contribution in [0.1, 0.15) is 28.5 Å². The first-order chi connectivity index (χ1) is 19.7. The minimum absolute atomic E-state index is 0.0811. The number of hydrogen-bond acceptors (Lipinski definition) is 10. The highest BCUT2D eigenvalue weighted by Crippen LogP contribution is 2.39. The van der Waals surface area contributed by atoms with Crippen molar-refractivity contribution in [3.05, 3.63) is 75.5 Å². The van der Waals surface area contributed by atoms with E-state index in [1.165, 1.54) is 19.2 Å².